The summed E-state index contributed by atoms with van der Waals surface area (Å²) in [4.78, 5) is 17.5. The topological polar surface area (TPSA) is 103 Å². The van der Waals surface area contributed by atoms with Crippen molar-refractivity contribution in [1.82, 2.24) is 4.98 Å². The van der Waals surface area contributed by atoms with Gasteiger partial charge in [0.2, 0.25) is 0 Å². The lowest BCUT2D eigenvalue weighted by atomic mass is 9.58. The summed E-state index contributed by atoms with van der Waals surface area (Å²) in [6.45, 7) is 3.81. The number of aliphatic hydroxyl groups excluding tert-OH is 2. The van der Waals surface area contributed by atoms with Crippen LogP contribution in [0.5, 0.6) is 0 Å². The maximum Gasteiger partial charge on any atom is 0.251 e. The molecule has 2 saturated carbocycles. The quantitative estimate of drug-likeness (QED) is 0.511. The number of halogens is 1. The van der Waals surface area contributed by atoms with Crippen molar-refractivity contribution in [2.45, 2.75) is 82.3 Å². The number of aromatic nitrogens is 1. The number of nitrogens with one attached hydrogen (secondary N) is 1. The lowest BCUT2D eigenvalue weighted by Gasteiger charge is -2.50. The van der Waals surface area contributed by atoms with E-state index in [0.29, 0.717) is 55.4 Å². The minimum Gasteiger partial charge on any atom is -0.393 e. The number of amides is 1. The summed E-state index contributed by atoms with van der Waals surface area (Å²) in [5.74, 6) is -0.947. The average molecular weight is 457 g/mol. The number of allylic oxidation sites excluding steroid dienone is 2. The van der Waals surface area contributed by atoms with Crippen LogP contribution in [0.1, 0.15) is 57.6 Å². The number of aliphatic hydroxyl groups is 3. The molecule has 0 radical (unpaired) electrons. The summed E-state index contributed by atoms with van der Waals surface area (Å²) in [5, 5.41) is 36.3. The van der Waals surface area contributed by atoms with E-state index < -0.39 is 34.8 Å². The van der Waals surface area contributed by atoms with Crippen molar-refractivity contribution in [2.75, 3.05) is 5.32 Å². The Bertz CT molecular complexity index is 1040. The van der Waals surface area contributed by atoms with E-state index in [1.807, 2.05) is 19.9 Å². The van der Waals surface area contributed by atoms with E-state index in [0.717, 1.165) is 5.69 Å². The molecule has 0 aromatic carbocycles. The van der Waals surface area contributed by atoms with Crippen molar-refractivity contribution in [2.24, 2.45) is 17.3 Å². The van der Waals surface area contributed by atoms with Crippen molar-refractivity contribution >= 4 is 11.6 Å². The number of rotatable bonds is 2. The van der Waals surface area contributed by atoms with Gasteiger partial charge in [-0.25, -0.2) is 4.39 Å². The molecule has 4 aliphatic rings. The number of hydrogen-bond acceptors (Lipinski definition) is 5. The molecule has 5 rings (SSSR count). The van der Waals surface area contributed by atoms with Crippen molar-refractivity contribution < 1.29 is 24.5 Å². The molecule has 4 N–H and O–H groups in total. The highest BCUT2D eigenvalue weighted by Gasteiger charge is 2.63. The minimum atomic E-state index is -1.94. The molecule has 178 valence electrons. The molecule has 1 heterocycles. The molecule has 0 bridgehead atoms. The van der Waals surface area contributed by atoms with Crippen LogP contribution in [-0.2, 0) is 4.79 Å². The van der Waals surface area contributed by atoms with E-state index in [1.54, 1.807) is 24.4 Å². The highest BCUT2D eigenvalue weighted by Crippen LogP contribution is 2.61. The van der Waals surface area contributed by atoms with Crippen molar-refractivity contribution in [1.29, 1.82) is 0 Å². The molecule has 33 heavy (non-hydrogen) atoms. The maximum atomic E-state index is 16.1. The van der Waals surface area contributed by atoms with Crippen molar-refractivity contribution in [3.05, 3.63) is 47.3 Å². The maximum absolute atomic E-state index is 16.1. The molecule has 0 spiro atoms. The zero-order valence-electron chi connectivity index (χ0n) is 19.2. The van der Waals surface area contributed by atoms with E-state index in [2.05, 4.69) is 10.3 Å². The number of hydrogen-bond donors (Lipinski definition) is 4. The molecule has 7 heteroatoms. The van der Waals surface area contributed by atoms with Crippen molar-refractivity contribution in [3.8, 4) is 0 Å². The third kappa shape index (κ3) is 3.31. The Morgan fingerprint density at radius 1 is 1.24 bits per heavy atom. The first kappa shape index (κ1) is 22.7. The van der Waals surface area contributed by atoms with E-state index in [-0.39, 0.29) is 18.2 Å². The number of carbonyl (C=O) groups excluding carboxylic acids is 1. The Balaban J connectivity index is 1.46. The number of carbonyl (C=O) groups is 1. The minimum absolute atomic E-state index is 0.107. The Hall–Kier alpha value is -2.09. The van der Waals surface area contributed by atoms with Gasteiger partial charge < -0.3 is 20.6 Å². The van der Waals surface area contributed by atoms with Gasteiger partial charge in [0, 0.05) is 29.5 Å². The molecular formula is C26H33FN2O4. The van der Waals surface area contributed by atoms with Gasteiger partial charge in [-0.1, -0.05) is 19.1 Å². The molecule has 0 saturated heterocycles. The van der Waals surface area contributed by atoms with Crippen LogP contribution < -0.4 is 5.32 Å². The molecule has 7 atom stereocenters. The van der Waals surface area contributed by atoms with Crippen LogP contribution in [0.4, 0.5) is 10.1 Å². The Kier molecular flexibility index (Phi) is 5.31. The highest BCUT2D eigenvalue weighted by atomic mass is 19.1. The summed E-state index contributed by atoms with van der Waals surface area (Å²) in [6.07, 6.45) is 5.69. The standard InChI is InChI=1S/C26H33FN2O4/c1-15-20(4-3-13-28-15)29-23(32)19-7-8-21-24(19,2)11-10-18-22(31)25(27)14-17(30)6-5-16(25)9-12-26(18,21)33/h3-4,7,10,13,16-17,21-22,30-31,33H,5-6,8-9,11-12,14H2,1-2H3,(H,29,32)/t16?,17?,21?,22?,24?,25?,26-/m1/s1. The van der Waals surface area contributed by atoms with Gasteiger partial charge in [0.05, 0.1) is 23.1 Å². The lowest BCUT2D eigenvalue weighted by molar-refractivity contribution is -0.115. The lowest BCUT2D eigenvalue weighted by Crippen LogP contribution is -2.56. The fourth-order valence-electron chi connectivity index (χ4n) is 7.05. The highest BCUT2D eigenvalue weighted by molar-refractivity contribution is 6.05. The zero-order valence-corrected chi connectivity index (χ0v) is 19.2. The average Bonchev–Trinajstić information content (AvgIpc) is 3.09. The first-order valence-corrected chi connectivity index (χ1v) is 12.0. The first-order valence-electron chi connectivity index (χ1n) is 12.0. The monoisotopic (exact) mass is 456 g/mol. The third-order valence-electron chi connectivity index (χ3n) is 8.96. The Morgan fingerprint density at radius 2 is 2.03 bits per heavy atom. The van der Waals surface area contributed by atoms with Crippen LogP contribution in [0.3, 0.4) is 0 Å². The second kappa shape index (κ2) is 7.72. The van der Waals surface area contributed by atoms with E-state index in [4.69, 9.17) is 0 Å². The smallest absolute Gasteiger partial charge is 0.251 e. The molecule has 4 aliphatic carbocycles. The fourth-order valence-corrected chi connectivity index (χ4v) is 7.05. The molecule has 6 unspecified atom stereocenters. The van der Waals surface area contributed by atoms with Crippen LogP contribution >= 0.6 is 0 Å². The summed E-state index contributed by atoms with van der Waals surface area (Å²) >= 11 is 0. The van der Waals surface area contributed by atoms with Crippen molar-refractivity contribution in [3.63, 3.8) is 0 Å². The Morgan fingerprint density at radius 3 is 2.79 bits per heavy atom. The number of fused-ring (bicyclic) bond motifs is 4. The van der Waals surface area contributed by atoms with Crippen LogP contribution in [0, 0.1) is 24.2 Å². The second-order valence-corrected chi connectivity index (χ2v) is 10.7. The number of alkyl halides is 1. The van der Waals surface area contributed by atoms with Crippen LogP contribution in [-0.4, -0.2) is 49.7 Å². The van der Waals surface area contributed by atoms with E-state index in [9.17, 15) is 20.1 Å². The van der Waals surface area contributed by atoms with Crippen LogP contribution in [0.2, 0.25) is 0 Å². The van der Waals surface area contributed by atoms with Gasteiger partial charge in [0.15, 0.2) is 0 Å². The number of aryl methyl sites for hydroxylation is 1. The number of nitrogens with zero attached hydrogens (tertiary/aromatic N) is 1. The molecule has 2 fully saturated rings. The molecule has 6 nitrogen and oxygen atoms in total. The molecule has 1 aromatic heterocycles. The largest absolute Gasteiger partial charge is 0.393 e. The summed E-state index contributed by atoms with van der Waals surface area (Å²) < 4.78 is 16.1. The molecule has 0 aliphatic heterocycles. The summed E-state index contributed by atoms with van der Waals surface area (Å²) in [6, 6.07) is 3.57. The van der Waals surface area contributed by atoms with E-state index in [1.165, 1.54) is 0 Å². The fraction of sp³-hybridized carbons (Fsp3) is 0.615. The second-order valence-electron chi connectivity index (χ2n) is 10.7. The van der Waals surface area contributed by atoms with Gasteiger partial charge in [0.1, 0.15) is 11.8 Å². The van der Waals surface area contributed by atoms with Gasteiger partial charge in [-0.3, -0.25) is 9.78 Å². The number of anilines is 1. The van der Waals surface area contributed by atoms with Gasteiger partial charge in [-0.15, -0.1) is 0 Å². The summed E-state index contributed by atoms with van der Waals surface area (Å²) in [5.41, 5.74) is -1.64. The van der Waals surface area contributed by atoms with Crippen LogP contribution in [0.15, 0.2) is 41.6 Å². The normalized spacial score (nSPS) is 42.2. The predicted molar refractivity (Wildman–Crippen MR) is 122 cm³/mol. The number of pyridine rings is 1. The summed E-state index contributed by atoms with van der Waals surface area (Å²) in [7, 11) is 0. The first-order chi connectivity index (χ1) is 15.6. The van der Waals surface area contributed by atoms with Gasteiger partial charge in [-0.05, 0) is 69.1 Å². The third-order valence-corrected chi connectivity index (χ3v) is 8.96. The SMILES string of the molecule is Cc1ncccc1NC(=O)C1=CCC2C1(C)CC=C1C(O)C3(F)CC(O)CCC3CC[C@@]12O. The van der Waals surface area contributed by atoms with Gasteiger partial charge >= 0.3 is 0 Å². The van der Waals surface area contributed by atoms with Gasteiger partial charge in [-0.2, -0.15) is 0 Å². The van der Waals surface area contributed by atoms with E-state index >= 15 is 4.39 Å². The molecular weight excluding hydrogens is 423 g/mol. The molecule has 1 amide bonds. The molecule has 1 aromatic rings. The van der Waals surface area contributed by atoms with Crippen LogP contribution in [0.25, 0.3) is 0 Å². The predicted octanol–water partition coefficient (Wildman–Crippen LogP) is 3.37. The van der Waals surface area contributed by atoms with Gasteiger partial charge in [0.25, 0.3) is 5.91 Å². The zero-order chi connectivity index (χ0) is 23.6. The Labute approximate surface area is 193 Å².